The summed E-state index contributed by atoms with van der Waals surface area (Å²) in [6, 6.07) is 4.36. The summed E-state index contributed by atoms with van der Waals surface area (Å²) >= 11 is 0. The van der Waals surface area contributed by atoms with Crippen molar-refractivity contribution < 1.29 is 13.2 Å². The van der Waals surface area contributed by atoms with Crippen LogP contribution in [0.3, 0.4) is 0 Å². The van der Waals surface area contributed by atoms with Gasteiger partial charge in [-0.05, 0) is 37.5 Å². The number of benzene rings is 1. The van der Waals surface area contributed by atoms with E-state index in [0.717, 1.165) is 6.07 Å². The molecule has 0 spiro atoms. The molecule has 2 nitrogen and oxygen atoms in total. The van der Waals surface area contributed by atoms with Crippen molar-refractivity contribution in [1.82, 2.24) is 0 Å². The predicted molar refractivity (Wildman–Crippen MR) is 76.7 cm³/mol. The van der Waals surface area contributed by atoms with Crippen LogP contribution < -0.4 is 10.6 Å². The zero-order valence-electron chi connectivity index (χ0n) is 12.5. The van der Waals surface area contributed by atoms with Crippen LogP contribution >= 0.6 is 0 Å². The average molecular weight is 288 g/mol. The molecule has 0 aromatic heterocycles. The van der Waals surface area contributed by atoms with E-state index in [9.17, 15) is 13.2 Å². The maximum absolute atomic E-state index is 13.3. The van der Waals surface area contributed by atoms with Gasteiger partial charge in [0, 0.05) is 24.8 Å². The minimum Gasteiger partial charge on any atom is -0.368 e. The first-order chi connectivity index (χ1) is 9.16. The van der Waals surface area contributed by atoms with Gasteiger partial charge in [-0.2, -0.15) is 13.2 Å². The Hall–Kier alpha value is -1.23. The zero-order chi connectivity index (χ0) is 15.5. The van der Waals surface area contributed by atoms with Crippen molar-refractivity contribution in [2.24, 2.45) is 11.7 Å². The van der Waals surface area contributed by atoms with E-state index in [1.807, 2.05) is 27.7 Å². The van der Waals surface area contributed by atoms with Gasteiger partial charge in [-0.1, -0.05) is 19.9 Å². The third-order valence-corrected chi connectivity index (χ3v) is 3.10. The van der Waals surface area contributed by atoms with Crippen molar-refractivity contribution in [3.05, 3.63) is 29.3 Å². The van der Waals surface area contributed by atoms with E-state index in [1.165, 1.54) is 6.07 Å². The highest BCUT2D eigenvalue weighted by Crippen LogP contribution is 2.38. The van der Waals surface area contributed by atoms with Crippen molar-refractivity contribution >= 4 is 5.69 Å². The minimum absolute atomic E-state index is 0.00206. The van der Waals surface area contributed by atoms with E-state index >= 15 is 0 Å². The summed E-state index contributed by atoms with van der Waals surface area (Å²) < 4.78 is 39.8. The molecule has 0 aliphatic carbocycles. The van der Waals surface area contributed by atoms with Crippen molar-refractivity contribution in [3.63, 3.8) is 0 Å². The molecular weight excluding hydrogens is 265 g/mol. The third kappa shape index (κ3) is 4.13. The first kappa shape index (κ1) is 16.8. The Labute approximate surface area is 118 Å². The number of rotatable bonds is 5. The molecule has 5 heteroatoms. The largest absolute Gasteiger partial charge is 0.418 e. The first-order valence-electron chi connectivity index (χ1n) is 6.83. The van der Waals surface area contributed by atoms with E-state index in [0.29, 0.717) is 12.1 Å². The van der Waals surface area contributed by atoms with Gasteiger partial charge in [-0.3, -0.25) is 0 Å². The number of alkyl halides is 3. The van der Waals surface area contributed by atoms with Gasteiger partial charge in [0.2, 0.25) is 0 Å². The summed E-state index contributed by atoms with van der Waals surface area (Å²) in [5.41, 5.74) is 5.58. The Balaban J connectivity index is 3.33. The molecule has 0 fully saturated rings. The highest BCUT2D eigenvalue weighted by atomic mass is 19.4. The van der Waals surface area contributed by atoms with Crippen LogP contribution in [0.2, 0.25) is 0 Å². The maximum Gasteiger partial charge on any atom is 0.418 e. The monoisotopic (exact) mass is 288 g/mol. The summed E-state index contributed by atoms with van der Waals surface area (Å²) in [4.78, 5) is 1.80. The molecule has 1 rings (SSSR count). The highest BCUT2D eigenvalue weighted by Gasteiger charge is 2.35. The van der Waals surface area contributed by atoms with Crippen molar-refractivity contribution in [2.75, 3.05) is 11.4 Å². The van der Waals surface area contributed by atoms with Crippen LogP contribution in [-0.2, 0) is 12.7 Å². The first-order valence-corrected chi connectivity index (χ1v) is 6.83. The van der Waals surface area contributed by atoms with Gasteiger partial charge in [0.1, 0.15) is 0 Å². The number of nitrogens with two attached hydrogens (primary N) is 1. The van der Waals surface area contributed by atoms with Gasteiger partial charge in [0.25, 0.3) is 0 Å². The molecule has 0 bridgehead atoms. The van der Waals surface area contributed by atoms with Crippen LogP contribution in [0.15, 0.2) is 18.2 Å². The smallest absolute Gasteiger partial charge is 0.368 e. The summed E-state index contributed by atoms with van der Waals surface area (Å²) in [7, 11) is 0. The standard InChI is InChI=1S/C15H23F3N2/c1-10(2)9-20(11(3)4)14-6-5-12(8-19)7-13(14)15(16,17)18/h5-7,10-11H,8-9,19H2,1-4H3. The molecule has 1 aromatic rings. The van der Waals surface area contributed by atoms with Crippen molar-refractivity contribution in [2.45, 2.75) is 46.5 Å². The SMILES string of the molecule is CC(C)CN(c1ccc(CN)cc1C(F)(F)F)C(C)C. The fraction of sp³-hybridized carbons (Fsp3) is 0.600. The molecule has 0 aliphatic rings. The van der Waals surface area contributed by atoms with Crippen LogP contribution in [0, 0.1) is 5.92 Å². The summed E-state index contributed by atoms with van der Waals surface area (Å²) in [5.74, 6) is 0.285. The quantitative estimate of drug-likeness (QED) is 0.886. The van der Waals surface area contributed by atoms with Crippen molar-refractivity contribution in [1.29, 1.82) is 0 Å². The van der Waals surface area contributed by atoms with Crippen LogP contribution in [0.25, 0.3) is 0 Å². The van der Waals surface area contributed by atoms with Crippen LogP contribution in [-0.4, -0.2) is 12.6 Å². The molecule has 20 heavy (non-hydrogen) atoms. The van der Waals surface area contributed by atoms with E-state index in [-0.39, 0.29) is 24.2 Å². The second-order valence-corrected chi connectivity index (χ2v) is 5.69. The van der Waals surface area contributed by atoms with Crippen LogP contribution in [0.5, 0.6) is 0 Å². The van der Waals surface area contributed by atoms with Gasteiger partial charge in [-0.15, -0.1) is 0 Å². The number of anilines is 1. The topological polar surface area (TPSA) is 29.3 Å². The van der Waals surface area contributed by atoms with E-state index in [4.69, 9.17) is 5.73 Å². The Morgan fingerprint density at radius 1 is 1.15 bits per heavy atom. The number of hydrogen-bond donors (Lipinski definition) is 1. The molecule has 0 saturated heterocycles. The fourth-order valence-electron chi connectivity index (χ4n) is 2.17. The molecule has 0 amide bonds. The Morgan fingerprint density at radius 2 is 1.75 bits per heavy atom. The number of halogens is 3. The minimum atomic E-state index is -4.37. The molecule has 0 unspecified atom stereocenters. The molecule has 0 saturated carbocycles. The fourth-order valence-corrected chi connectivity index (χ4v) is 2.17. The predicted octanol–water partition coefficient (Wildman–Crippen LogP) is 4.03. The lowest BCUT2D eigenvalue weighted by Gasteiger charge is -2.33. The molecule has 114 valence electrons. The zero-order valence-corrected chi connectivity index (χ0v) is 12.5. The van der Waals surface area contributed by atoms with Gasteiger partial charge in [-0.25, -0.2) is 0 Å². The Morgan fingerprint density at radius 3 is 2.15 bits per heavy atom. The average Bonchev–Trinajstić information content (AvgIpc) is 2.33. The highest BCUT2D eigenvalue weighted by molar-refractivity contribution is 5.57. The van der Waals surface area contributed by atoms with Crippen LogP contribution in [0.1, 0.15) is 38.8 Å². The van der Waals surface area contributed by atoms with E-state index in [2.05, 4.69) is 0 Å². The third-order valence-electron chi connectivity index (χ3n) is 3.10. The van der Waals surface area contributed by atoms with Gasteiger partial charge < -0.3 is 10.6 Å². The molecular formula is C15H23F3N2. The molecule has 2 N–H and O–H groups in total. The lowest BCUT2D eigenvalue weighted by atomic mass is 10.0. The molecule has 0 aliphatic heterocycles. The summed E-state index contributed by atoms with van der Waals surface area (Å²) in [5, 5.41) is 0. The molecule has 0 radical (unpaired) electrons. The van der Waals surface area contributed by atoms with Crippen LogP contribution in [0.4, 0.5) is 18.9 Å². The molecule has 1 aromatic carbocycles. The van der Waals surface area contributed by atoms with Gasteiger partial charge >= 0.3 is 6.18 Å². The van der Waals surface area contributed by atoms with E-state index in [1.54, 1.807) is 11.0 Å². The lowest BCUT2D eigenvalue weighted by molar-refractivity contribution is -0.137. The second kappa shape index (κ2) is 6.48. The van der Waals surface area contributed by atoms with E-state index < -0.39 is 11.7 Å². The summed E-state index contributed by atoms with van der Waals surface area (Å²) in [6.07, 6.45) is -4.37. The normalized spacial score (nSPS) is 12.3. The van der Waals surface area contributed by atoms with Gasteiger partial charge in [0.15, 0.2) is 0 Å². The second-order valence-electron chi connectivity index (χ2n) is 5.69. The maximum atomic E-state index is 13.3. The lowest BCUT2D eigenvalue weighted by Crippen LogP contribution is -2.35. The number of nitrogens with zero attached hydrogens (tertiary/aromatic N) is 1. The molecule has 0 heterocycles. The Kier molecular flexibility index (Phi) is 5.45. The van der Waals surface area contributed by atoms with Gasteiger partial charge in [0.05, 0.1) is 5.56 Å². The summed E-state index contributed by atoms with van der Waals surface area (Å²) in [6.45, 7) is 8.49. The number of hydrogen-bond acceptors (Lipinski definition) is 2. The van der Waals surface area contributed by atoms with Crippen molar-refractivity contribution in [3.8, 4) is 0 Å². The molecule has 0 atom stereocenters. The Bertz CT molecular complexity index is 439.